The Kier molecular flexibility index (Phi) is 7.25. The highest BCUT2D eigenvalue weighted by molar-refractivity contribution is 7.72. The lowest BCUT2D eigenvalue weighted by atomic mass is 10.1. The molecule has 0 aromatic heterocycles. The van der Waals surface area contributed by atoms with Crippen molar-refractivity contribution in [3.63, 3.8) is 0 Å². The predicted molar refractivity (Wildman–Crippen MR) is 142 cm³/mol. The molecule has 1 N–H and O–H groups in total. The van der Waals surface area contributed by atoms with Crippen molar-refractivity contribution in [3.05, 3.63) is 120 Å². The van der Waals surface area contributed by atoms with E-state index in [0.717, 1.165) is 27.6 Å². The first-order chi connectivity index (χ1) is 16.0. The van der Waals surface area contributed by atoms with Crippen molar-refractivity contribution in [2.24, 2.45) is 0 Å². The largest absolute Gasteiger partial charge is 0.496 e. The summed E-state index contributed by atoms with van der Waals surface area (Å²) in [5.41, 5.74) is 2.23. The molecule has 0 aliphatic heterocycles. The molecule has 0 aliphatic rings. The number of nitrogens with one attached hydrogen (secondary N) is 1. The summed E-state index contributed by atoms with van der Waals surface area (Å²) < 4.78 is 19.8. The van der Waals surface area contributed by atoms with Gasteiger partial charge in [0, 0.05) is 28.1 Å². The summed E-state index contributed by atoms with van der Waals surface area (Å²) in [6.07, 6.45) is 0. The maximum Gasteiger partial charge on any atom is 0.216 e. The number of hydrogen-bond acceptors (Lipinski definition) is 2. The molecule has 166 valence electrons. The normalized spacial score (nSPS) is 14.0. The molecule has 0 saturated carbocycles. The van der Waals surface area contributed by atoms with E-state index >= 15 is 0 Å². The summed E-state index contributed by atoms with van der Waals surface area (Å²) in [5, 5.41) is 5.77. The van der Waals surface area contributed by atoms with Crippen LogP contribution in [-0.2, 0) is 4.57 Å². The van der Waals surface area contributed by atoms with Crippen LogP contribution in [0.15, 0.2) is 109 Å². The maximum absolute atomic E-state index is 14.3. The second-order valence-corrected chi connectivity index (χ2v) is 10.3. The van der Waals surface area contributed by atoms with E-state index in [0.29, 0.717) is 15.8 Å². The molecule has 0 saturated heterocycles. The van der Waals surface area contributed by atoms with Gasteiger partial charge in [-0.05, 0) is 23.3 Å². The Morgan fingerprint density at radius 2 is 1.21 bits per heavy atom. The number of halogens is 2. The lowest BCUT2D eigenvalue weighted by Gasteiger charge is -2.18. The van der Waals surface area contributed by atoms with Gasteiger partial charge < -0.3 is 9.82 Å². The number of hydrogen-bond donors (Lipinski definition) is 1. The molecule has 0 fully saturated rings. The van der Waals surface area contributed by atoms with Gasteiger partial charge >= 0.3 is 0 Å². The van der Waals surface area contributed by atoms with Gasteiger partial charge in [0.15, 0.2) is 0 Å². The van der Waals surface area contributed by atoms with E-state index in [1.165, 1.54) is 0 Å². The van der Waals surface area contributed by atoms with Crippen LogP contribution in [0.25, 0.3) is 20.8 Å². The van der Waals surface area contributed by atoms with E-state index in [2.05, 4.69) is 5.09 Å². The van der Waals surface area contributed by atoms with Crippen LogP contribution in [0, 0.1) is 0 Å². The van der Waals surface area contributed by atoms with Gasteiger partial charge in [0.25, 0.3) is 0 Å². The fraction of sp³-hybridized carbons (Fsp3) is 0.0370. The van der Waals surface area contributed by atoms with Crippen molar-refractivity contribution in [1.29, 1.82) is 0 Å². The van der Waals surface area contributed by atoms with Gasteiger partial charge in [-0.2, -0.15) is 0 Å². The highest BCUT2D eigenvalue weighted by Crippen LogP contribution is 2.54. The summed E-state index contributed by atoms with van der Waals surface area (Å²) >= 11 is 13.2. The van der Waals surface area contributed by atoms with Crippen molar-refractivity contribution in [1.82, 2.24) is 0 Å². The van der Waals surface area contributed by atoms with E-state index < -0.39 is 7.29 Å². The molecule has 1 atom stereocenters. The minimum atomic E-state index is -3.39. The zero-order valence-electron chi connectivity index (χ0n) is 17.9. The first-order valence-electron chi connectivity index (χ1n) is 10.3. The zero-order chi connectivity index (χ0) is 23.3. The number of ether oxygens (including phenoxy) is 1. The van der Waals surface area contributed by atoms with Gasteiger partial charge in [-0.1, -0.05) is 108 Å². The molecule has 6 heteroatoms. The standard InChI is InChI=1S/C27H22Cl2NO2P/c1-32-27-17-16-26(22-14-8-9-15-23(22)27)30-33(31,18-24(28)20-10-4-2-5-11-20)19-25(29)21-12-6-3-7-13-21/h2-19H,1H3,(H,30,31)/b24-18-,25-19?. The van der Waals surface area contributed by atoms with Gasteiger partial charge in [0.1, 0.15) is 5.75 Å². The molecule has 33 heavy (non-hydrogen) atoms. The van der Waals surface area contributed by atoms with Crippen LogP contribution >= 0.6 is 30.5 Å². The van der Waals surface area contributed by atoms with Crippen LogP contribution in [0.3, 0.4) is 0 Å². The van der Waals surface area contributed by atoms with Gasteiger partial charge in [-0.15, -0.1) is 0 Å². The lowest BCUT2D eigenvalue weighted by Crippen LogP contribution is -1.96. The van der Waals surface area contributed by atoms with Crippen molar-refractivity contribution in [2.75, 3.05) is 12.2 Å². The Labute approximate surface area is 203 Å². The van der Waals surface area contributed by atoms with E-state index in [-0.39, 0.29) is 0 Å². The number of fused-ring (bicyclic) bond motifs is 1. The summed E-state index contributed by atoms with van der Waals surface area (Å²) in [5.74, 6) is 3.84. The summed E-state index contributed by atoms with van der Waals surface area (Å²) in [6.45, 7) is 0. The van der Waals surface area contributed by atoms with Crippen LogP contribution in [0.1, 0.15) is 11.1 Å². The van der Waals surface area contributed by atoms with Crippen molar-refractivity contribution >= 4 is 57.0 Å². The number of rotatable bonds is 7. The Bertz CT molecular complexity index is 1310. The minimum Gasteiger partial charge on any atom is -0.496 e. The Balaban J connectivity index is 1.83. The van der Waals surface area contributed by atoms with Crippen LogP contribution in [0.5, 0.6) is 5.75 Å². The number of anilines is 1. The molecule has 0 bridgehead atoms. The molecule has 0 heterocycles. The van der Waals surface area contributed by atoms with Crippen molar-refractivity contribution in [3.8, 4) is 5.75 Å². The fourth-order valence-electron chi connectivity index (χ4n) is 3.52. The third-order valence-electron chi connectivity index (χ3n) is 5.11. The van der Waals surface area contributed by atoms with Crippen LogP contribution in [0.2, 0.25) is 0 Å². The molecule has 0 radical (unpaired) electrons. The second kappa shape index (κ2) is 10.3. The first-order valence-corrected chi connectivity index (χ1v) is 12.9. The number of methoxy groups -OCH3 is 1. The average molecular weight is 494 g/mol. The topological polar surface area (TPSA) is 38.3 Å². The van der Waals surface area contributed by atoms with Gasteiger partial charge in [-0.3, -0.25) is 4.57 Å². The third kappa shape index (κ3) is 5.51. The first kappa shape index (κ1) is 23.2. The number of benzene rings is 4. The zero-order valence-corrected chi connectivity index (χ0v) is 20.3. The van der Waals surface area contributed by atoms with Crippen LogP contribution in [-0.4, -0.2) is 7.11 Å². The van der Waals surface area contributed by atoms with Crippen molar-refractivity contribution < 1.29 is 9.30 Å². The smallest absolute Gasteiger partial charge is 0.216 e. The van der Waals surface area contributed by atoms with E-state index in [9.17, 15) is 4.57 Å². The van der Waals surface area contributed by atoms with Crippen LogP contribution < -0.4 is 9.82 Å². The van der Waals surface area contributed by atoms with Gasteiger partial charge in [-0.25, -0.2) is 0 Å². The van der Waals surface area contributed by atoms with E-state index in [1.807, 2.05) is 97.1 Å². The van der Waals surface area contributed by atoms with E-state index in [4.69, 9.17) is 27.9 Å². The average Bonchev–Trinajstić information content (AvgIpc) is 2.85. The maximum atomic E-state index is 14.3. The molecule has 4 aromatic carbocycles. The Morgan fingerprint density at radius 1 is 0.727 bits per heavy atom. The molecule has 4 aromatic rings. The molecule has 4 rings (SSSR count). The lowest BCUT2D eigenvalue weighted by molar-refractivity contribution is 0.420. The molecular weight excluding hydrogens is 472 g/mol. The molecule has 0 spiro atoms. The summed E-state index contributed by atoms with van der Waals surface area (Å²) in [7, 11) is -1.76. The summed E-state index contributed by atoms with van der Waals surface area (Å²) in [4.78, 5) is 0. The Morgan fingerprint density at radius 3 is 1.73 bits per heavy atom. The fourth-order valence-corrected chi connectivity index (χ4v) is 6.39. The second-order valence-electron chi connectivity index (χ2n) is 7.37. The molecule has 1 unspecified atom stereocenters. The molecule has 0 amide bonds. The van der Waals surface area contributed by atoms with Crippen molar-refractivity contribution in [2.45, 2.75) is 0 Å². The van der Waals surface area contributed by atoms with Crippen LogP contribution in [0.4, 0.5) is 5.69 Å². The highest BCUT2D eigenvalue weighted by Gasteiger charge is 2.21. The minimum absolute atomic E-state index is 0.373. The molecular formula is C27H22Cl2NO2P. The molecule has 0 aliphatic carbocycles. The monoisotopic (exact) mass is 493 g/mol. The Hall–Kier alpha value is -2.97. The quantitative estimate of drug-likeness (QED) is 0.261. The summed E-state index contributed by atoms with van der Waals surface area (Å²) in [6, 6.07) is 30.3. The van der Waals surface area contributed by atoms with Gasteiger partial charge in [0.2, 0.25) is 7.29 Å². The van der Waals surface area contributed by atoms with E-state index in [1.54, 1.807) is 18.7 Å². The highest BCUT2D eigenvalue weighted by atomic mass is 35.5. The SMILES string of the molecule is COc1ccc(NP(=O)(C=C(Cl)c2ccccc2)/C=C(\Cl)c2ccccc2)c2ccccc12. The molecule has 3 nitrogen and oxygen atoms in total. The van der Waals surface area contributed by atoms with Gasteiger partial charge in [0.05, 0.1) is 17.2 Å². The third-order valence-corrected chi connectivity index (χ3v) is 7.94. The predicted octanol–water partition coefficient (Wildman–Crippen LogP) is 9.01.